The number of carbonyl (C=O) groups is 2. The van der Waals surface area contributed by atoms with E-state index < -0.39 is 17.4 Å². The van der Waals surface area contributed by atoms with E-state index in [4.69, 9.17) is 9.47 Å². The van der Waals surface area contributed by atoms with Crippen molar-refractivity contribution < 1.29 is 19.1 Å². The average molecular weight is 441 g/mol. The number of methoxy groups -OCH3 is 2. The maximum absolute atomic E-state index is 13.1. The lowest BCUT2D eigenvalue weighted by Gasteiger charge is -2.32. The molecule has 2 amide bonds. The molecule has 3 N–H and O–H groups in total. The van der Waals surface area contributed by atoms with E-state index >= 15 is 0 Å². The number of anilines is 3. The Morgan fingerprint density at radius 2 is 2.06 bits per heavy atom. The summed E-state index contributed by atoms with van der Waals surface area (Å²) in [5, 5.41) is 5.42. The molecule has 2 aliphatic rings. The number of aromatic nitrogens is 2. The fourth-order valence-corrected chi connectivity index (χ4v) is 4.25. The number of hydrogen-bond acceptors (Lipinski definition) is 7. The average Bonchev–Trinajstić information content (AvgIpc) is 2.78. The molecule has 2 atom stereocenters. The number of rotatable bonds is 5. The summed E-state index contributed by atoms with van der Waals surface area (Å²) >= 11 is 0. The SMILES string of the molecule is COc1ccc(OC)c(NC(=O)[C@H]2CC(=O)Nc3nc(N4CCC[C@H](C)C4)[nH]c(=O)c32)c1. The molecule has 32 heavy (non-hydrogen) atoms. The van der Waals surface area contributed by atoms with Crippen LogP contribution in [-0.2, 0) is 9.59 Å². The number of fused-ring (bicyclic) bond motifs is 1. The van der Waals surface area contributed by atoms with Gasteiger partial charge in [0, 0.05) is 25.6 Å². The first kappa shape index (κ1) is 21.7. The Bertz CT molecular complexity index is 1100. The lowest BCUT2D eigenvalue weighted by molar-refractivity contribution is -0.123. The molecule has 0 spiro atoms. The minimum atomic E-state index is -0.986. The second kappa shape index (κ2) is 8.89. The standard InChI is InChI=1S/C22H27N5O5/c1-12-5-4-8-27(11-12)22-25-19-18(21(30)26-22)14(10-17(28)24-19)20(29)23-15-9-13(31-2)6-7-16(15)32-3/h6-7,9,12,14H,4-5,8,10-11H2,1-3H3,(H,23,29)(H2,24,25,26,28,30)/t12-,14-/m0/s1. The van der Waals surface area contributed by atoms with Crippen LogP contribution in [0.1, 0.15) is 37.7 Å². The van der Waals surface area contributed by atoms with Crippen molar-refractivity contribution in [3.8, 4) is 11.5 Å². The van der Waals surface area contributed by atoms with E-state index in [-0.39, 0.29) is 23.7 Å². The van der Waals surface area contributed by atoms with Crippen LogP contribution in [0.25, 0.3) is 0 Å². The molecule has 0 unspecified atom stereocenters. The van der Waals surface area contributed by atoms with E-state index in [1.165, 1.54) is 14.2 Å². The van der Waals surface area contributed by atoms with Gasteiger partial charge in [0.25, 0.3) is 5.56 Å². The van der Waals surface area contributed by atoms with E-state index in [0.717, 1.165) is 25.9 Å². The van der Waals surface area contributed by atoms with Crippen LogP contribution < -0.4 is 30.6 Å². The number of ether oxygens (including phenoxy) is 2. The van der Waals surface area contributed by atoms with Crippen LogP contribution in [0, 0.1) is 5.92 Å². The molecule has 1 saturated heterocycles. The Morgan fingerprint density at radius 1 is 1.25 bits per heavy atom. The molecule has 1 aromatic heterocycles. The highest BCUT2D eigenvalue weighted by Crippen LogP contribution is 2.33. The molecular formula is C22H27N5O5. The molecule has 10 nitrogen and oxygen atoms in total. The van der Waals surface area contributed by atoms with Crippen molar-refractivity contribution in [1.29, 1.82) is 0 Å². The summed E-state index contributed by atoms with van der Waals surface area (Å²) in [6.45, 7) is 3.70. The number of hydrogen-bond donors (Lipinski definition) is 3. The van der Waals surface area contributed by atoms with Crippen LogP contribution in [0.3, 0.4) is 0 Å². The van der Waals surface area contributed by atoms with Crippen LogP contribution >= 0.6 is 0 Å². The van der Waals surface area contributed by atoms with Gasteiger partial charge in [-0.2, -0.15) is 4.98 Å². The van der Waals surface area contributed by atoms with Gasteiger partial charge >= 0.3 is 0 Å². The predicted octanol–water partition coefficient (Wildman–Crippen LogP) is 2.09. The molecule has 2 aromatic rings. The number of amides is 2. The summed E-state index contributed by atoms with van der Waals surface area (Å²) in [6.07, 6.45) is 1.97. The first-order valence-corrected chi connectivity index (χ1v) is 10.6. The summed E-state index contributed by atoms with van der Waals surface area (Å²) < 4.78 is 10.5. The van der Waals surface area contributed by atoms with E-state index in [2.05, 4.69) is 27.5 Å². The lowest BCUT2D eigenvalue weighted by atomic mass is 9.92. The summed E-state index contributed by atoms with van der Waals surface area (Å²) in [6, 6.07) is 4.98. The highest BCUT2D eigenvalue weighted by Gasteiger charge is 2.35. The van der Waals surface area contributed by atoms with Crippen LogP contribution in [-0.4, -0.2) is 49.1 Å². The van der Waals surface area contributed by atoms with E-state index in [1.54, 1.807) is 18.2 Å². The van der Waals surface area contributed by atoms with Crippen LogP contribution in [0.15, 0.2) is 23.0 Å². The quantitative estimate of drug-likeness (QED) is 0.649. The van der Waals surface area contributed by atoms with Crippen molar-refractivity contribution in [1.82, 2.24) is 9.97 Å². The summed E-state index contributed by atoms with van der Waals surface area (Å²) in [7, 11) is 3.00. The number of carbonyl (C=O) groups excluding carboxylic acids is 2. The van der Waals surface area contributed by atoms with Gasteiger partial charge in [-0.05, 0) is 30.9 Å². The molecule has 170 valence electrons. The Balaban J connectivity index is 1.65. The number of benzene rings is 1. The third-order valence-electron chi connectivity index (χ3n) is 5.88. The molecule has 0 bridgehead atoms. The van der Waals surface area contributed by atoms with Gasteiger partial charge in [-0.1, -0.05) is 6.92 Å². The second-order valence-electron chi connectivity index (χ2n) is 8.21. The molecular weight excluding hydrogens is 414 g/mol. The maximum atomic E-state index is 13.1. The summed E-state index contributed by atoms with van der Waals surface area (Å²) in [4.78, 5) is 47.8. The van der Waals surface area contributed by atoms with Crippen LogP contribution in [0.5, 0.6) is 11.5 Å². The molecule has 4 rings (SSSR count). The van der Waals surface area contributed by atoms with Gasteiger partial charge in [0.05, 0.1) is 31.4 Å². The van der Waals surface area contributed by atoms with E-state index in [0.29, 0.717) is 29.1 Å². The molecule has 0 saturated carbocycles. The summed E-state index contributed by atoms with van der Waals surface area (Å²) in [5.74, 6) is 0.137. The number of nitrogens with zero attached hydrogens (tertiary/aromatic N) is 2. The Hall–Kier alpha value is -3.56. The lowest BCUT2D eigenvalue weighted by Crippen LogP contribution is -2.40. The Morgan fingerprint density at radius 3 is 2.78 bits per heavy atom. The van der Waals surface area contributed by atoms with Gasteiger partial charge < -0.3 is 25.0 Å². The molecule has 0 radical (unpaired) electrons. The monoisotopic (exact) mass is 441 g/mol. The van der Waals surface area contributed by atoms with E-state index in [1.807, 2.05) is 4.90 Å². The smallest absolute Gasteiger partial charge is 0.258 e. The predicted molar refractivity (Wildman–Crippen MR) is 120 cm³/mol. The van der Waals surface area contributed by atoms with Gasteiger partial charge in [0.15, 0.2) is 0 Å². The highest BCUT2D eigenvalue weighted by molar-refractivity contribution is 6.05. The number of aromatic amines is 1. The van der Waals surface area contributed by atoms with Gasteiger partial charge in [-0.25, -0.2) is 0 Å². The Kier molecular flexibility index (Phi) is 6.02. The molecule has 10 heteroatoms. The maximum Gasteiger partial charge on any atom is 0.258 e. The van der Waals surface area contributed by atoms with Crippen LogP contribution in [0.4, 0.5) is 17.5 Å². The van der Waals surface area contributed by atoms with Gasteiger partial charge in [0.2, 0.25) is 17.8 Å². The third-order valence-corrected chi connectivity index (χ3v) is 5.88. The fourth-order valence-electron chi connectivity index (χ4n) is 4.25. The third kappa shape index (κ3) is 4.25. The van der Waals surface area contributed by atoms with Crippen LogP contribution in [0.2, 0.25) is 0 Å². The minimum absolute atomic E-state index is 0.135. The van der Waals surface area contributed by atoms with Crippen molar-refractivity contribution in [3.05, 3.63) is 34.1 Å². The zero-order valence-electron chi connectivity index (χ0n) is 18.4. The van der Waals surface area contributed by atoms with E-state index in [9.17, 15) is 14.4 Å². The molecule has 1 aromatic carbocycles. The fraction of sp³-hybridized carbons (Fsp3) is 0.455. The zero-order valence-corrected chi connectivity index (χ0v) is 18.4. The summed E-state index contributed by atoms with van der Waals surface area (Å²) in [5.41, 5.74) is 0.103. The van der Waals surface area contributed by atoms with Gasteiger partial charge in [-0.3, -0.25) is 19.4 Å². The van der Waals surface area contributed by atoms with Crippen molar-refractivity contribution in [3.63, 3.8) is 0 Å². The Labute approximate surface area is 185 Å². The topological polar surface area (TPSA) is 126 Å². The number of nitrogens with one attached hydrogen (secondary N) is 3. The van der Waals surface area contributed by atoms with Crippen molar-refractivity contribution >= 4 is 29.3 Å². The largest absolute Gasteiger partial charge is 0.497 e. The minimum Gasteiger partial charge on any atom is -0.497 e. The molecule has 2 aliphatic heterocycles. The number of piperidine rings is 1. The first-order chi connectivity index (χ1) is 15.4. The van der Waals surface area contributed by atoms with Crippen molar-refractivity contribution in [2.24, 2.45) is 5.92 Å². The van der Waals surface area contributed by atoms with Gasteiger partial charge in [-0.15, -0.1) is 0 Å². The first-order valence-electron chi connectivity index (χ1n) is 10.6. The molecule has 3 heterocycles. The van der Waals surface area contributed by atoms with Gasteiger partial charge in [0.1, 0.15) is 17.3 Å². The second-order valence-corrected chi connectivity index (χ2v) is 8.21. The zero-order chi connectivity index (χ0) is 22.8. The highest BCUT2D eigenvalue weighted by atomic mass is 16.5. The molecule has 1 fully saturated rings. The number of H-pyrrole nitrogens is 1. The van der Waals surface area contributed by atoms with Crippen molar-refractivity contribution in [2.45, 2.75) is 32.1 Å². The van der Waals surface area contributed by atoms with Crippen molar-refractivity contribution in [2.75, 3.05) is 42.8 Å². The normalized spacial score (nSPS) is 20.2. The molecule has 0 aliphatic carbocycles.